The molecule has 3 aliphatic carbocycles. The lowest BCUT2D eigenvalue weighted by atomic mass is 9.68. The minimum atomic E-state index is -0.304. The van der Waals surface area contributed by atoms with Gasteiger partial charge in [-0.2, -0.15) is 0 Å². The Morgan fingerprint density at radius 1 is 0.912 bits per heavy atom. The summed E-state index contributed by atoms with van der Waals surface area (Å²) in [5.74, 6) is 1.62. The molecular weight excluding hydrogens is 424 g/mol. The Balaban J connectivity index is 1.29. The standard InChI is InChI=1S/C30H34O4/c1-33-26-12-10-23(11-13-26)27-17-24(22-8-3-2-4-9-22)18-28(27)29(31)19-34-30(32)25-15-20-6-5-7-21(14-20)16-25/h2-4,8-13,18,20-21,25,27-28H,5-7,14-17,19H2,1H3. The number of ketones is 1. The van der Waals surface area contributed by atoms with Crippen LogP contribution in [0.5, 0.6) is 5.75 Å². The molecule has 0 spiro atoms. The maximum atomic E-state index is 13.4. The number of Topliss-reactive ketones (excluding diaryl/α,β-unsaturated/α-hetero) is 1. The summed E-state index contributed by atoms with van der Waals surface area (Å²) in [5.41, 5.74) is 3.42. The molecule has 4 nitrogen and oxygen atoms in total. The van der Waals surface area contributed by atoms with Gasteiger partial charge in [0.25, 0.3) is 0 Å². The topological polar surface area (TPSA) is 52.6 Å². The van der Waals surface area contributed by atoms with Gasteiger partial charge in [-0.15, -0.1) is 0 Å². The van der Waals surface area contributed by atoms with Gasteiger partial charge in [0.05, 0.1) is 13.0 Å². The van der Waals surface area contributed by atoms with Gasteiger partial charge in [0.1, 0.15) is 5.75 Å². The Kier molecular flexibility index (Phi) is 6.85. The number of fused-ring (bicyclic) bond motifs is 2. The van der Waals surface area contributed by atoms with E-state index in [2.05, 4.69) is 18.2 Å². The second-order valence-corrected chi connectivity index (χ2v) is 10.3. The van der Waals surface area contributed by atoms with Crippen molar-refractivity contribution in [2.24, 2.45) is 23.7 Å². The van der Waals surface area contributed by atoms with Crippen LogP contribution in [0.4, 0.5) is 0 Å². The largest absolute Gasteiger partial charge is 0.497 e. The van der Waals surface area contributed by atoms with E-state index in [1.165, 1.54) is 31.3 Å². The number of benzene rings is 2. The summed E-state index contributed by atoms with van der Waals surface area (Å²) in [6.07, 6.45) is 9.76. The van der Waals surface area contributed by atoms with E-state index < -0.39 is 0 Å². The lowest BCUT2D eigenvalue weighted by Gasteiger charge is -2.37. The molecule has 178 valence electrons. The van der Waals surface area contributed by atoms with Crippen molar-refractivity contribution in [3.63, 3.8) is 0 Å². The Morgan fingerprint density at radius 2 is 1.62 bits per heavy atom. The van der Waals surface area contributed by atoms with E-state index >= 15 is 0 Å². The monoisotopic (exact) mass is 458 g/mol. The second kappa shape index (κ2) is 10.2. The van der Waals surface area contributed by atoms with Gasteiger partial charge in [-0.1, -0.05) is 67.8 Å². The molecule has 2 bridgehead atoms. The lowest BCUT2D eigenvalue weighted by molar-refractivity contribution is -0.155. The summed E-state index contributed by atoms with van der Waals surface area (Å²) in [6, 6.07) is 18.2. The fraction of sp³-hybridized carbons (Fsp3) is 0.467. The average Bonchev–Trinajstić information content (AvgIpc) is 3.33. The number of methoxy groups -OCH3 is 1. The zero-order chi connectivity index (χ0) is 23.5. The molecule has 4 heteroatoms. The van der Waals surface area contributed by atoms with Crippen molar-refractivity contribution in [3.8, 4) is 5.75 Å². The van der Waals surface area contributed by atoms with Crippen molar-refractivity contribution >= 4 is 17.3 Å². The summed E-state index contributed by atoms with van der Waals surface area (Å²) in [7, 11) is 1.65. The molecule has 0 N–H and O–H groups in total. The number of ether oxygens (including phenoxy) is 2. The van der Waals surface area contributed by atoms with Crippen LogP contribution in [-0.2, 0) is 14.3 Å². The highest BCUT2D eigenvalue weighted by Gasteiger charge is 2.38. The predicted molar refractivity (Wildman–Crippen MR) is 132 cm³/mol. The van der Waals surface area contributed by atoms with Crippen molar-refractivity contribution < 1.29 is 19.1 Å². The van der Waals surface area contributed by atoms with Gasteiger partial charge in [-0.3, -0.25) is 9.59 Å². The van der Waals surface area contributed by atoms with E-state index in [9.17, 15) is 9.59 Å². The molecule has 0 amide bonds. The maximum Gasteiger partial charge on any atom is 0.309 e. The second-order valence-electron chi connectivity index (χ2n) is 10.3. The summed E-state index contributed by atoms with van der Waals surface area (Å²) < 4.78 is 11.0. The van der Waals surface area contributed by atoms with Crippen LogP contribution in [0.2, 0.25) is 0 Å². The third-order valence-electron chi connectivity index (χ3n) is 8.13. The van der Waals surface area contributed by atoms with Crippen LogP contribution in [0.1, 0.15) is 62.0 Å². The van der Waals surface area contributed by atoms with Crippen molar-refractivity contribution in [2.45, 2.75) is 50.9 Å². The number of allylic oxidation sites excluding steroid dienone is 2. The molecule has 4 unspecified atom stereocenters. The molecule has 2 saturated carbocycles. The summed E-state index contributed by atoms with van der Waals surface area (Å²) in [6.45, 7) is -0.138. The number of carbonyl (C=O) groups excluding carboxylic acids is 2. The fourth-order valence-corrected chi connectivity index (χ4v) is 6.40. The lowest BCUT2D eigenvalue weighted by Crippen LogP contribution is -2.33. The smallest absolute Gasteiger partial charge is 0.309 e. The summed E-state index contributed by atoms with van der Waals surface area (Å²) in [5, 5.41) is 0. The molecule has 2 aromatic rings. The zero-order valence-electron chi connectivity index (χ0n) is 20.0. The minimum Gasteiger partial charge on any atom is -0.497 e. The SMILES string of the molecule is COc1ccc(C2CC(c3ccccc3)=CC2C(=O)COC(=O)C2CC3CCCC(C3)C2)cc1. The van der Waals surface area contributed by atoms with Gasteiger partial charge in [0, 0.05) is 11.8 Å². The molecule has 0 saturated heterocycles. The fourth-order valence-electron chi connectivity index (χ4n) is 6.40. The van der Waals surface area contributed by atoms with Crippen LogP contribution < -0.4 is 4.74 Å². The van der Waals surface area contributed by atoms with Crippen molar-refractivity contribution in [1.82, 2.24) is 0 Å². The van der Waals surface area contributed by atoms with Gasteiger partial charge < -0.3 is 9.47 Å². The van der Waals surface area contributed by atoms with Crippen LogP contribution in [-0.4, -0.2) is 25.5 Å². The first kappa shape index (κ1) is 22.9. The van der Waals surface area contributed by atoms with Crippen molar-refractivity contribution in [3.05, 3.63) is 71.8 Å². The first-order chi connectivity index (χ1) is 16.6. The molecule has 0 aromatic heterocycles. The van der Waals surface area contributed by atoms with Crippen molar-refractivity contribution in [2.75, 3.05) is 13.7 Å². The highest BCUT2D eigenvalue weighted by Crippen LogP contribution is 2.44. The van der Waals surface area contributed by atoms with E-state index in [-0.39, 0.29) is 36.1 Å². The van der Waals surface area contributed by atoms with Crippen LogP contribution in [0, 0.1) is 23.7 Å². The number of hydrogen-bond donors (Lipinski definition) is 0. The number of esters is 1. The van der Waals surface area contributed by atoms with Gasteiger partial charge in [0.15, 0.2) is 12.4 Å². The molecule has 0 aliphatic heterocycles. The Labute approximate surface area is 202 Å². The maximum absolute atomic E-state index is 13.4. The van der Waals surface area contributed by atoms with Crippen LogP contribution in [0.3, 0.4) is 0 Å². The first-order valence-electron chi connectivity index (χ1n) is 12.7. The van der Waals surface area contributed by atoms with E-state index in [1.54, 1.807) is 7.11 Å². The van der Waals surface area contributed by atoms with Crippen LogP contribution in [0.25, 0.3) is 5.57 Å². The van der Waals surface area contributed by atoms with Gasteiger partial charge in [0.2, 0.25) is 0 Å². The molecule has 0 heterocycles. The minimum absolute atomic E-state index is 0.0175. The van der Waals surface area contributed by atoms with Gasteiger partial charge >= 0.3 is 5.97 Å². The number of rotatable bonds is 7. The summed E-state index contributed by atoms with van der Waals surface area (Å²) in [4.78, 5) is 26.2. The first-order valence-corrected chi connectivity index (χ1v) is 12.7. The van der Waals surface area contributed by atoms with E-state index in [1.807, 2.05) is 42.5 Å². The highest BCUT2D eigenvalue weighted by molar-refractivity contribution is 5.90. The number of hydrogen-bond acceptors (Lipinski definition) is 4. The highest BCUT2D eigenvalue weighted by atomic mass is 16.5. The Bertz CT molecular complexity index is 1030. The van der Waals surface area contributed by atoms with Gasteiger partial charge in [-0.25, -0.2) is 0 Å². The molecule has 5 rings (SSSR count). The van der Waals surface area contributed by atoms with E-state index in [0.29, 0.717) is 11.8 Å². The normalized spacial score (nSPS) is 28.1. The Morgan fingerprint density at radius 3 is 2.29 bits per heavy atom. The molecule has 2 aromatic carbocycles. The zero-order valence-corrected chi connectivity index (χ0v) is 20.0. The summed E-state index contributed by atoms with van der Waals surface area (Å²) >= 11 is 0. The quantitative estimate of drug-likeness (QED) is 0.463. The van der Waals surface area contributed by atoms with E-state index in [0.717, 1.165) is 36.1 Å². The Hall–Kier alpha value is -2.88. The molecule has 0 radical (unpaired) electrons. The molecule has 2 fully saturated rings. The van der Waals surface area contributed by atoms with Gasteiger partial charge in [-0.05, 0) is 66.4 Å². The molecular formula is C30H34O4. The van der Waals surface area contributed by atoms with Crippen LogP contribution in [0.15, 0.2) is 60.7 Å². The predicted octanol–water partition coefficient (Wildman–Crippen LogP) is 6.21. The average molecular weight is 459 g/mol. The van der Waals surface area contributed by atoms with E-state index in [4.69, 9.17) is 9.47 Å². The number of carbonyl (C=O) groups is 2. The van der Waals surface area contributed by atoms with Crippen molar-refractivity contribution in [1.29, 1.82) is 0 Å². The third kappa shape index (κ3) is 4.96. The van der Waals surface area contributed by atoms with Crippen LogP contribution >= 0.6 is 0 Å². The third-order valence-corrected chi connectivity index (χ3v) is 8.13. The molecule has 34 heavy (non-hydrogen) atoms. The molecule has 3 aliphatic rings. The molecule has 4 atom stereocenters.